The van der Waals surface area contributed by atoms with Crippen molar-refractivity contribution in [1.29, 1.82) is 0 Å². The molecule has 0 heterocycles. The normalized spacial score (nSPS) is 16.1. The van der Waals surface area contributed by atoms with Gasteiger partial charge < -0.3 is 11.1 Å². The maximum absolute atomic E-state index is 13.6. The average molecular weight is 299 g/mol. The van der Waals surface area contributed by atoms with Crippen LogP contribution in [0.5, 0.6) is 0 Å². The predicted octanol–water partition coefficient (Wildman–Crippen LogP) is 2.33. The monoisotopic (exact) mass is 299 g/mol. The van der Waals surface area contributed by atoms with Crippen molar-refractivity contribution in [2.45, 2.75) is 25.7 Å². The van der Waals surface area contributed by atoms with Gasteiger partial charge in [-0.2, -0.15) is 4.39 Å². The smallest absolute Gasteiger partial charge is 0.307 e. The van der Waals surface area contributed by atoms with Crippen molar-refractivity contribution in [2.75, 3.05) is 11.9 Å². The number of halogens is 2. The van der Waals surface area contributed by atoms with Crippen LogP contribution in [0.2, 0.25) is 0 Å². The van der Waals surface area contributed by atoms with E-state index in [9.17, 15) is 23.7 Å². The number of amides is 1. The van der Waals surface area contributed by atoms with E-state index in [2.05, 4.69) is 5.32 Å². The number of anilines is 1. The van der Waals surface area contributed by atoms with Crippen LogP contribution in [-0.4, -0.2) is 17.4 Å². The van der Waals surface area contributed by atoms with E-state index in [4.69, 9.17) is 5.73 Å². The number of carbonyl (C=O) groups excluding carboxylic acids is 1. The standard InChI is InChI=1S/C13H15F2N3O3/c14-8-4-9(15)11(18(20)21)5-10(8)17-12(19)6-13(7-16)2-1-3-13/h4-5H,1-3,6-7,16H2,(H,17,19). The van der Waals surface area contributed by atoms with Crippen LogP contribution in [0.4, 0.5) is 20.2 Å². The molecule has 0 unspecified atom stereocenters. The molecule has 114 valence electrons. The predicted molar refractivity (Wildman–Crippen MR) is 71.6 cm³/mol. The number of nitro benzene ring substituents is 1. The highest BCUT2D eigenvalue weighted by molar-refractivity contribution is 5.91. The first-order valence-electron chi connectivity index (χ1n) is 6.50. The minimum Gasteiger partial charge on any atom is -0.330 e. The summed E-state index contributed by atoms with van der Waals surface area (Å²) in [5, 5.41) is 12.9. The molecule has 0 saturated heterocycles. The lowest BCUT2D eigenvalue weighted by Gasteiger charge is -2.40. The summed E-state index contributed by atoms with van der Waals surface area (Å²) in [6, 6.07) is 1.06. The number of carbonyl (C=O) groups is 1. The summed E-state index contributed by atoms with van der Waals surface area (Å²) in [7, 11) is 0. The number of hydrogen-bond acceptors (Lipinski definition) is 4. The summed E-state index contributed by atoms with van der Waals surface area (Å²) >= 11 is 0. The third kappa shape index (κ3) is 3.15. The summed E-state index contributed by atoms with van der Waals surface area (Å²) < 4.78 is 26.8. The van der Waals surface area contributed by atoms with Crippen LogP contribution >= 0.6 is 0 Å². The molecule has 0 atom stereocenters. The van der Waals surface area contributed by atoms with Crippen LogP contribution < -0.4 is 11.1 Å². The van der Waals surface area contributed by atoms with E-state index < -0.39 is 33.8 Å². The zero-order valence-corrected chi connectivity index (χ0v) is 11.2. The topological polar surface area (TPSA) is 98.3 Å². The molecule has 1 aliphatic rings. The quantitative estimate of drug-likeness (QED) is 0.644. The molecule has 1 saturated carbocycles. The van der Waals surface area contributed by atoms with E-state index in [1.807, 2.05) is 0 Å². The van der Waals surface area contributed by atoms with E-state index in [0.717, 1.165) is 19.3 Å². The number of nitrogens with one attached hydrogen (secondary N) is 1. The van der Waals surface area contributed by atoms with Gasteiger partial charge in [0.1, 0.15) is 5.82 Å². The minimum absolute atomic E-state index is 0.119. The molecule has 0 radical (unpaired) electrons. The van der Waals surface area contributed by atoms with Gasteiger partial charge in [-0.3, -0.25) is 14.9 Å². The summed E-state index contributed by atoms with van der Waals surface area (Å²) in [4.78, 5) is 21.5. The second kappa shape index (κ2) is 5.72. The fraction of sp³-hybridized carbons (Fsp3) is 0.462. The molecule has 1 fully saturated rings. The van der Waals surface area contributed by atoms with Crippen LogP contribution in [0, 0.1) is 27.2 Å². The van der Waals surface area contributed by atoms with Crippen molar-refractivity contribution in [3.63, 3.8) is 0 Å². The molecule has 6 nitrogen and oxygen atoms in total. The molecular weight excluding hydrogens is 284 g/mol. The van der Waals surface area contributed by atoms with Crippen LogP contribution in [0.3, 0.4) is 0 Å². The first-order chi connectivity index (χ1) is 9.87. The summed E-state index contributed by atoms with van der Waals surface area (Å²) in [6.07, 6.45) is 2.75. The third-order valence-electron chi connectivity index (χ3n) is 3.89. The molecule has 1 amide bonds. The van der Waals surface area contributed by atoms with Crippen molar-refractivity contribution in [2.24, 2.45) is 11.1 Å². The molecule has 0 aromatic heterocycles. The van der Waals surface area contributed by atoms with Crippen LogP contribution in [-0.2, 0) is 4.79 Å². The van der Waals surface area contributed by atoms with E-state index in [0.29, 0.717) is 18.7 Å². The van der Waals surface area contributed by atoms with Crippen LogP contribution in [0.1, 0.15) is 25.7 Å². The molecule has 0 aliphatic heterocycles. The zero-order chi connectivity index (χ0) is 15.6. The molecule has 1 aromatic carbocycles. The fourth-order valence-electron chi connectivity index (χ4n) is 2.44. The zero-order valence-electron chi connectivity index (χ0n) is 11.2. The van der Waals surface area contributed by atoms with Gasteiger partial charge in [-0.25, -0.2) is 4.39 Å². The first-order valence-corrected chi connectivity index (χ1v) is 6.50. The molecule has 2 rings (SSSR count). The Morgan fingerprint density at radius 2 is 2.05 bits per heavy atom. The Morgan fingerprint density at radius 3 is 2.52 bits per heavy atom. The number of benzene rings is 1. The van der Waals surface area contributed by atoms with E-state index in [1.165, 1.54) is 0 Å². The summed E-state index contributed by atoms with van der Waals surface area (Å²) in [5.41, 5.74) is 4.07. The molecule has 1 aromatic rings. The highest BCUT2D eigenvalue weighted by Crippen LogP contribution is 2.43. The van der Waals surface area contributed by atoms with Crippen molar-refractivity contribution < 1.29 is 18.5 Å². The second-order valence-electron chi connectivity index (χ2n) is 5.32. The number of nitro groups is 1. The van der Waals surface area contributed by atoms with Gasteiger partial charge in [0.2, 0.25) is 11.7 Å². The SMILES string of the molecule is NCC1(CC(=O)Nc2cc([N+](=O)[O-])c(F)cc2F)CCC1. The number of nitrogens with two attached hydrogens (primary N) is 1. The highest BCUT2D eigenvalue weighted by Gasteiger charge is 2.37. The van der Waals surface area contributed by atoms with Gasteiger partial charge in [0.25, 0.3) is 0 Å². The Balaban J connectivity index is 2.13. The van der Waals surface area contributed by atoms with Gasteiger partial charge in [0, 0.05) is 18.6 Å². The van der Waals surface area contributed by atoms with Crippen LogP contribution in [0.25, 0.3) is 0 Å². The second-order valence-corrected chi connectivity index (χ2v) is 5.32. The minimum atomic E-state index is -1.28. The Hall–Kier alpha value is -2.09. The molecule has 21 heavy (non-hydrogen) atoms. The van der Waals surface area contributed by atoms with Crippen LogP contribution in [0.15, 0.2) is 12.1 Å². The van der Waals surface area contributed by atoms with E-state index in [1.54, 1.807) is 0 Å². The fourth-order valence-corrected chi connectivity index (χ4v) is 2.44. The maximum Gasteiger partial charge on any atom is 0.307 e. The number of nitrogens with zero attached hydrogens (tertiary/aromatic N) is 1. The molecule has 3 N–H and O–H groups in total. The van der Waals surface area contributed by atoms with Crippen molar-refractivity contribution in [1.82, 2.24) is 0 Å². The average Bonchev–Trinajstić information content (AvgIpc) is 2.36. The number of hydrogen-bond donors (Lipinski definition) is 2. The van der Waals surface area contributed by atoms with E-state index in [-0.39, 0.29) is 11.8 Å². The van der Waals surface area contributed by atoms with Crippen molar-refractivity contribution in [3.8, 4) is 0 Å². The lowest BCUT2D eigenvalue weighted by molar-refractivity contribution is -0.387. The highest BCUT2D eigenvalue weighted by atomic mass is 19.1. The largest absolute Gasteiger partial charge is 0.330 e. The first kappa shape index (κ1) is 15.3. The molecule has 0 spiro atoms. The Morgan fingerprint density at radius 1 is 1.38 bits per heavy atom. The van der Waals surface area contributed by atoms with Gasteiger partial charge in [0.15, 0.2) is 0 Å². The van der Waals surface area contributed by atoms with Gasteiger partial charge in [0.05, 0.1) is 10.6 Å². The van der Waals surface area contributed by atoms with Gasteiger partial charge >= 0.3 is 5.69 Å². The molecule has 0 bridgehead atoms. The molecule has 8 heteroatoms. The Bertz CT molecular complexity index is 583. The van der Waals surface area contributed by atoms with Crippen molar-refractivity contribution in [3.05, 3.63) is 33.9 Å². The van der Waals surface area contributed by atoms with Gasteiger partial charge in [-0.05, 0) is 24.8 Å². The lowest BCUT2D eigenvalue weighted by Crippen LogP contribution is -2.40. The maximum atomic E-state index is 13.6. The number of rotatable bonds is 5. The third-order valence-corrected chi connectivity index (χ3v) is 3.89. The van der Waals surface area contributed by atoms with E-state index >= 15 is 0 Å². The summed E-state index contributed by atoms with van der Waals surface area (Å²) in [5.74, 6) is -2.82. The van der Waals surface area contributed by atoms with Crippen molar-refractivity contribution >= 4 is 17.3 Å². The lowest BCUT2D eigenvalue weighted by atomic mass is 9.66. The summed E-state index contributed by atoms with van der Waals surface area (Å²) in [6.45, 7) is 0.354. The van der Waals surface area contributed by atoms with Gasteiger partial charge in [-0.1, -0.05) is 6.42 Å². The molecular formula is C13H15F2N3O3. The molecule has 1 aliphatic carbocycles. The van der Waals surface area contributed by atoms with Gasteiger partial charge in [-0.15, -0.1) is 0 Å². The Labute approximate surface area is 119 Å². The Kier molecular flexibility index (Phi) is 4.17.